The van der Waals surface area contributed by atoms with Crippen LogP contribution in [-0.2, 0) is 11.2 Å². The summed E-state index contributed by atoms with van der Waals surface area (Å²) >= 11 is 0. The van der Waals surface area contributed by atoms with Crippen LogP contribution in [0.4, 0.5) is 5.69 Å². The minimum Gasteiger partial charge on any atom is -0.388 e. The lowest BCUT2D eigenvalue weighted by Crippen LogP contribution is -2.42. The van der Waals surface area contributed by atoms with E-state index < -0.39 is 10.5 Å². The van der Waals surface area contributed by atoms with E-state index in [0.717, 1.165) is 0 Å². The molecule has 0 radical (unpaired) electrons. The molecule has 0 aliphatic heterocycles. The van der Waals surface area contributed by atoms with Crippen molar-refractivity contribution in [2.45, 2.75) is 39.2 Å². The molecule has 1 aromatic rings. The smallest absolute Gasteiger partial charge is 0.269 e. The van der Waals surface area contributed by atoms with Gasteiger partial charge < -0.3 is 10.4 Å². The lowest BCUT2D eigenvalue weighted by molar-refractivity contribution is -0.384. The van der Waals surface area contributed by atoms with Gasteiger partial charge in [0.05, 0.1) is 16.9 Å². The number of nitro groups is 1. The molecule has 0 heterocycles. The zero-order valence-electron chi connectivity index (χ0n) is 12.6. The number of hydrogen-bond donors (Lipinski definition) is 2. The van der Waals surface area contributed by atoms with Crippen LogP contribution in [-0.4, -0.2) is 28.1 Å². The normalized spacial score (nSPS) is 13.8. The number of rotatable bonds is 7. The van der Waals surface area contributed by atoms with Gasteiger partial charge in [0.25, 0.3) is 5.69 Å². The molecule has 0 bridgehead atoms. The zero-order chi connectivity index (χ0) is 16.0. The van der Waals surface area contributed by atoms with Gasteiger partial charge in [0.15, 0.2) is 0 Å². The van der Waals surface area contributed by atoms with Crippen LogP contribution >= 0.6 is 0 Å². The highest BCUT2D eigenvalue weighted by Gasteiger charge is 2.22. The number of nitrogens with one attached hydrogen (secondary N) is 1. The Labute approximate surface area is 124 Å². The van der Waals surface area contributed by atoms with Gasteiger partial charge >= 0.3 is 0 Å². The summed E-state index contributed by atoms with van der Waals surface area (Å²) in [4.78, 5) is 22.0. The van der Waals surface area contributed by atoms with Gasteiger partial charge in [-0.25, -0.2) is 0 Å². The van der Waals surface area contributed by atoms with E-state index in [1.807, 2.05) is 13.8 Å². The zero-order valence-corrected chi connectivity index (χ0v) is 12.6. The summed E-state index contributed by atoms with van der Waals surface area (Å²) in [5.74, 6) is 0.0632. The summed E-state index contributed by atoms with van der Waals surface area (Å²) in [6.45, 7) is 5.85. The van der Waals surface area contributed by atoms with Crippen molar-refractivity contribution >= 4 is 11.6 Å². The molecule has 0 aliphatic rings. The second-order valence-corrected chi connectivity index (χ2v) is 5.98. The molecule has 1 rings (SSSR count). The Hall–Kier alpha value is -1.95. The highest BCUT2D eigenvalue weighted by Crippen LogP contribution is 2.16. The van der Waals surface area contributed by atoms with Crippen LogP contribution < -0.4 is 5.32 Å². The molecule has 21 heavy (non-hydrogen) atoms. The molecule has 0 fully saturated rings. The van der Waals surface area contributed by atoms with E-state index in [0.29, 0.717) is 17.9 Å². The van der Waals surface area contributed by atoms with Crippen molar-refractivity contribution in [1.82, 2.24) is 5.32 Å². The highest BCUT2D eigenvalue weighted by atomic mass is 16.6. The minimum absolute atomic E-state index is 0.0351. The predicted molar refractivity (Wildman–Crippen MR) is 79.9 cm³/mol. The van der Waals surface area contributed by atoms with Crippen molar-refractivity contribution < 1.29 is 14.8 Å². The SMILES string of the molecule is CC(C)CC(C)(O)CNC(=O)Cc1cccc([N+](=O)[O-])c1. The van der Waals surface area contributed by atoms with Crippen LogP contribution in [0.3, 0.4) is 0 Å². The molecular formula is C15H22N2O4. The maximum absolute atomic E-state index is 11.8. The number of aliphatic hydroxyl groups is 1. The largest absolute Gasteiger partial charge is 0.388 e. The number of carbonyl (C=O) groups excluding carboxylic acids is 1. The van der Waals surface area contributed by atoms with Gasteiger partial charge in [0.2, 0.25) is 5.91 Å². The number of carbonyl (C=O) groups is 1. The molecule has 1 amide bonds. The van der Waals surface area contributed by atoms with Crippen molar-refractivity contribution in [1.29, 1.82) is 0 Å². The van der Waals surface area contributed by atoms with E-state index in [1.165, 1.54) is 12.1 Å². The van der Waals surface area contributed by atoms with Crippen LogP contribution in [0.5, 0.6) is 0 Å². The first-order chi connectivity index (χ1) is 9.69. The van der Waals surface area contributed by atoms with Crippen LogP contribution in [0.1, 0.15) is 32.8 Å². The molecule has 0 aliphatic carbocycles. The van der Waals surface area contributed by atoms with Gasteiger partial charge in [0, 0.05) is 18.7 Å². The molecular weight excluding hydrogens is 272 g/mol. The third-order valence-corrected chi connectivity index (χ3v) is 3.00. The van der Waals surface area contributed by atoms with Gasteiger partial charge in [-0.1, -0.05) is 26.0 Å². The second-order valence-electron chi connectivity index (χ2n) is 5.98. The van der Waals surface area contributed by atoms with Gasteiger partial charge in [0.1, 0.15) is 0 Å². The number of non-ortho nitro benzene ring substituents is 1. The average Bonchev–Trinajstić information content (AvgIpc) is 2.35. The lowest BCUT2D eigenvalue weighted by atomic mass is 9.94. The summed E-state index contributed by atoms with van der Waals surface area (Å²) in [5, 5.41) is 23.5. The Balaban J connectivity index is 2.54. The summed E-state index contributed by atoms with van der Waals surface area (Å²) in [7, 11) is 0. The minimum atomic E-state index is -0.952. The Morgan fingerprint density at radius 1 is 1.48 bits per heavy atom. The Morgan fingerprint density at radius 3 is 2.71 bits per heavy atom. The number of hydrogen-bond acceptors (Lipinski definition) is 4. The topological polar surface area (TPSA) is 92.5 Å². The van der Waals surface area contributed by atoms with E-state index >= 15 is 0 Å². The lowest BCUT2D eigenvalue weighted by Gasteiger charge is -2.25. The standard InChI is InChI=1S/C15H22N2O4/c1-11(2)9-15(3,19)10-16-14(18)8-12-5-4-6-13(7-12)17(20)21/h4-7,11,19H,8-10H2,1-3H3,(H,16,18). The van der Waals surface area contributed by atoms with Crippen LogP contribution in [0.2, 0.25) is 0 Å². The first kappa shape index (κ1) is 17.1. The van der Waals surface area contributed by atoms with Crippen molar-refractivity contribution in [3.63, 3.8) is 0 Å². The number of nitrogens with zero attached hydrogens (tertiary/aromatic N) is 1. The number of benzene rings is 1. The molecule has 0 spiro atoms. The highest BCUT2D eigenvalue weighted by molar-refractivity contribution is 5.78. The maximum Gasteiger partial charge on any atom is 0.269 e. The van der Waals surface area contributed by atoms with Crippen molar-refractivity contribution in [2.24, 2.45) is 5.92 Å². The molecule has 6 heteroatoms. The number of nitro benzene ring substituents is 1. The molecule has 0 saturated carbocycles. The Kier molecular flexibility index (Phi) is 5.84. The summed E-state index contributed by atoms with van der Waals surface area (Å²) in [6, 6.07) is 5.98. The molecule has 1 aromatic carbocycles. The first-order valence-corrected chi connectivity index (χ1v) is 6.92. The van der Waals surface area contributed by atoms with Crippen LogP contribution in [0.15, 0.2) is 24.3 Å². The third-order valence-electron chi connectivity index (χ3n) is 3.00. The van der Waals surface area contributed by atoms with E-state index in [4.69, 9.17) is 0 Å². The molecule has 0 aromatic heterocycles. The quantitative estimate of drug-likeness (QED) is 0.594. The maximum atomic E-state index is 11.8. The van der Waals surface area contributed by atoms with E-state index in [-0.39, 0.29) is 24.6 Å². The Morgan fingerprint density at radius 2 is 2.14 bits per heavy atom. The monoisotopic (exact) mass is 294 g/mol. The first-order valence-electron chi connectivity index (χ1n) is 6.92. The molecule has 1 atom stereocenters. The van der Waals surface area contributed by atoms with E-state index in [2.05, 4.69) is 5.32 Å². The fraction of sp³-hybridized carbons (Fsp3) is 0.533. The van der Waals surface area contributed by atoms with Gasteiger partial charge in [-0.15, -0.1) is 0 Å². The fourth-order valence-electron chi connectivity index (χ4n) is 2.27. The summed E-state index contributed by atoms with van der Waals surface area (Å²) < 4.78 is 0. The summed E-state index contributed by atoms with van der Waals surface area (Å²) in [6.07, 6.45) is 0.642. The molecule has 1 unspecified atom stereocenters. The molecule has 2 N–H and O–H groups in total. The summed E-state index contributed by atoms with van der Waals surface area (Å²) in [5.41, 5.74) is -0.413. The van der Waals surface area contributed by atoms with Crippen molar-refractivity contribution in [3.05, 3.63) is 39.9 Å². The molecule has 116 valence electrons. The van der Waals surface area contributed by atoms with Gasteiger partial charge in [-0.05, 0) is 24.8 Å². The van der Waals surface area contributed by atoms with Crippen molar-refractivity contribution in [3.8, 4) is 0 Å². The predicted octanol–water partition coefficient (Wildman–Crippen LogP) is 2.05. The molecule has 0 saturated heterocycles. The molecule has 6 nitrogen and oxygen atoms in total. The van der Waals surface area contributed by atoms with Crippen LogP contribution in [0.25, 0.3) is 0 Å². The van der Waals surface area contributed by atoms with Gasteiger partial charge in [-0.3, -0.25) is 14.9 Å². The third kappa shape index (κ3) is 6.35. The van der Waals surface area contributed by atoms with Crippen LogP contribution in [0, 0.1) is 16.0 Å². The number of amides is 1. The fourth-order valence-corrected chi connectivity index (χ4v) is 2.27. The van der Waals surface area contributed by atoms with Gasteiger partial charge in [-0.2, -0.15) is 0 Å². The Bertz CT molecular complexity index is 512. The van der Waals surface area contributed by atoms with E-state index in [9.17, 15) is 20.0 Å². The second kappa shape index (κ2) is 7.17. The van der Waals surface area contributed by atoms with E-state index in [1.54, 1.807) is 19.1 Å². The van der Waals surface area contributed by atoms with Crippen molar-refractivity contribution in [2.75, 3.05) is 6.54 Å². The average molecular weight is 294 g/mol.